The highest BCUT2D eigenvalue weighted by Gasteiger charge is 2.51. The normalized spacial score (nSPS) is 19.5. The Morgan fingerprint density at radius 3 is 2.33 bits per heavy atom. The Kier molecular flexibility index (Phi) is 8.20. The summed E-state index contributed by atoms with van der Waals surface area (Å²) < 4.78 is 29.9. The third kappa shape index (κ3) is 5.95. The SMILES string of the molecule is CCOC(=O)C1CC(C(=O)NCc2ccc(F)cc2)N(C(=O)c2ccc(C(C)(C)C)cc2)C1c1ccc2c(c1)OCO2. The van der Waals surface area contributed by atoms with E-state index in [1.807, 2.05) is 12.1 Å². The molecule has 3 unspecified atom stereocenters. The topological polar surface area (TPSA) is 94.2 Å². The van der Waals surface area contributed by atoms with Crippen molar-refractivity contribution >= 4 is 17.8 Å². The fraction of sp³-hybridized carbons (Fsp3) is 0.364. The maximum atomic E-state index is 14.3. The van der Waals surface area contributed by atoms with E-state index in [-0.39, 0.29) is 43.5 Å². The molecule has 2 heterocycles. The van der Waals surface area contributed by atoms with Crippen molar-refractivity contribution in [3.63, 3.8) is 0 Å². The molecule has 0 aliphatic carbocycles. The number of ether oxygens (including phenoxy) is 3. The van der Waals surface area contributed by atoms with Crippen LogP contribution in [0.15, 0.2) is 66.7 Å². The lowest BCUT2D eigenvalue weighted by atomic mass is 9.86. The minimum atomic E-state index is -0.968. The number of esters is 1. The van der Waals surface area contributed by atoms with Gasteiger partial charge in [-0.3, -0.25) is 14.4 Å². The van der Waals surface area contributed by atoms with Crippen LogP contribution in [0.5, 0.6) is 11.5 Å². The van der Waals surface area contributed by atoms with Crippen molar-refractivity contribution in [2.75, 3.05) is 13.4 Å². The minimum absolute atomic E-state index is 0.0685. The number of hydrogen-bond donors (Lipinski definition) is 1. The van der Waals surface area contributed by atoms with E-state index in [2.05, 4.69) is 26.1 Å². The molecule has 1 fully saturated rings. The van der Waals surface area contributed by atoms with E-state index < -0.39 is 29.9 Å². The van der Waals surface area contributed by atoms with Crippen LogP contribution in [-0.4, -0.2) is 42.1 Å². The summed E-state index contributed by atoms with van der Waals surface area (Å²) in [6.45, 7) is 8.35. The van der Waals surface area contributed by atoms with Gasteiger partial charge in [0.15, 0.2) is 11.5 Å². The summed E-state index contributed by atoms with van der Waals surface area (Å²) >= 11 is 0. The van der Waals surface area contributed by atoms with E-state index in [0.29, 0.717) is 28.2 Å². The van der Waals surface area contributed by atoms with E-state index in [0.717, 1.165) is 5.56 Å². The van der Waals surface area contributed by atoms with Gasteiger partial charge in [0.2, 0.25) is 12.7 Å². The molecule has 3 aromatic carbocycles. The van der Waals surface area contributed by atoms with Crippen LogP contribution >= 0.6 is 0 Å². The summed E-state index contributed by atoms with van der Waals surface area (Å²) in [5.74, 6) is -1.41. The van der Waals surface area contributed by atoms with Crippen molar-refractivity contribution in [2.24, 2.45) is 5.92 Å². The molecular weight excluding hydrogens is 539 g/mol. The molecule has 1 saturated heterocycles. The smallest absolute Gasteiger partial charge is 0.311 e. The molecule has 8 nitrogen and oxygen atoms in total. The maximum absolute atomic E-state index is 14.3. The molecule has 5 rings (SSSR count). The zero-order valence-corrected chi connectivity index (χ0v) is 24.2. The van der Waals surface area contributed by atoms with Crippen molar-refractivity contribution in [1.82, 2.24) is 10.2 Å². The summed E-state index contributed by atoms with van der Waals surface area (Å²) in [5.41, 5.74) is 2.68. The first-order valence-corrected chi connectivity index (χ1v) is 14.1. The van der Waals surface area contributed by atoms with Crippen LogP contribution in [0.3, 0.4) is 0 Å². The summed E-state index contributed by atoms with van der Waals surface area (Å²) in [7, 11) is 0. The van der Waals surface area contributed by atoms with Crippen LogP contribution in [0.2, 0.25) is 0 Å². The second-order valence-corrected chi connectivity index (χ2v) is 11.6. The van der Waals surface area contributed by atoms with Gasteiger partial charge in [-0.2, -0.15) is 0 Å². The molecule has 9 heteroatoms. The fourth-order valence-corrected chi connectivity index (χ4v) is 5.51. The number of carbonyl (C=O) groups excluding carboxylic acids is 3. The third-order valence-electron chi connectivity index (χ3n) is 7.74. The molecule has 220 valence electrons. The average Bonchev–Trinajstić information content (AvgIpc) is 3.61. The number of likely N-dealkylation sites (tertiary alicyclic amines) is 1. The summed E-state index contributed by atoms with van der Waals surface area (Å²) in [6, 6.07) is 16.6. The van der Waals surface area contributed by atoms with Gasteiger partial charge in [-0.1, -0.05) is 51.1 Å². The predicted molar refractivity (Wildman–Crippen MR) is 153 cm³/mol. The van der Waals surface area contributed by atoms with E-state index >= 15 is 0 Å². The lowest BCUT2D eigenvalue weighted by molar-refractivity contribution is -0.148. The van der Waals surface area contributed by atoms with Gasteiger partial charge >= 0.3 is 5.97 Å². The summed E-state index contributed by atoms with van der Waals surface area (Å²) in [4.78, 5) is 42.8. The Hall–Kier alpha value is -4.40. The molecule has 2 amide bonds. The molecule has 0 bridgehead atoms. The van der Waals surface area contributed by atoms with E-state index in [1.165, 1.54) is 17.0 Å². The van der Waals surface area contributed by atoms with Gasteiger partial charge < -0.3 is 24.4 Å². The number of rotatable bonds is 7. The van der Waals surface area contributed by atoms with Gasteiger partial charge in [0, 0.05) is 12.1 Å². The standard InChI is InChI=1S/C33H35FN2O6/c1-5-40-32(39)25-17-26(30(37)35-18-20-6-13-24(34)14-7-20)36(29(25)22-10-15-27-28(16-22)42-19-41-27)31(38)21-8-11-23(12-9-21)33(2,3)4/h6-16,25-26,29H,5,17-19H2,1-4H3,(H,35,37). The molecule has 42 heavy (non-hydrogen) atoms. The van der Waals surface area contributed by atoms with Crippen molar-refractivity contribution in [1.29, 1.82) is 0 Å². The molecule has 0 aromatic heterocycles. The number of nitrogens with zero attached hydrogens (tertiary/aromatic N) is 1. The monoisotopic (exact) mass is 574 g/mol. The lowest BCUT2D eigenvalue weighted by Gasteiger charge is -2.31. The molecule has 2 aliphatic rings. The van der Waals surface area contributed by atoms with Crippen molar-refractivity contribution in [3.05, 3.63) is 94.8 Å². The zero-order valence-electron chi connectivity index (χ0n) is 24.2. The third-order valence-corrected chi connectivity index (χ3v) is 7.74. The number of fused-ring (bicyclic) bond motifs is 1. The molecule has 3 aromatic rings. The van der Waals surface area contributed by atoms with Crippen LogP contribution in [0.4, 0.5) is 4.39 Å². The van der Waals surface area contributed by atoms with Gasteiger partial charge in [-0.05, 0) is 71.8 Å². The molecule has 2 aliphatic heterocycles. The average molecular weight is 575 g/mol. The number of halogens is 1. The van der Waals surface area contributed by atoms with Crippen LogP contribution < -0.4 is 14.8 Å². The van der Waals surface area contributed by atoms with Crippen molar-refractivity contribution in [3.8, 4) is 11.5 Å². The first kappa shape index (κ1) is 29.1. The molecular formula is C33H35FN2O6. The molecule has 0 spiro atoms. The van der Waals surface area contributed by atoms with Gasteiger partial charge in [0.25, 0.3) is 5.91 Å². The Morgan fingerprint density at radius 1 is 0.976 bits per heavy atom. The Bertz CT molecular complexity index is 1470. The highest BCUT2D eigenvalue weighted by molar-refractivity contribution is 5.99. The minimum Gasteiger partial charge on any atom is -0.466 e. The molecule has 3 atom stereocenters. The number of nitrogens with one attached hydrogen (secondary N) is 1. The van der Waals surface area contributed by atoms with E-state index in [9.17, 15) is 18.8 Å². The second kappa shape index (κ2) is 11.8. The van der Waals surface area contributed by atoms with Gasteiger partial charge in [-0.25, -0.2) is 4.39 Å². The highest BCUT2D eigenvalue weighted by Crippen LogP contribution is 2.45. The Balaban J connectivity index is 1.53. The summed E-state index contributed by atoms with van der Waals surface area (Å²) in [5, 5.41) is 2.88. The van der Waals surface area contributed by atoms with Gasteiger partial charge in [-0.15, -0.1) is 0 Å². The number of amides is 2. The second-order valence-electron chi connectivity index (χ2n) is 11.6. The fourth-order valence-electron chi connectivity index (χ4n) is 5.51. The lowest BCUT2D eigenvalue weighted by Crippen LogP contribution is -2.46. The largest absolute Gasteiger partial charge is 0.466 e. The summed E-state index contributed by atoms with van der Waals surface area (Å²) in [6.07, 6.45) is 0.0685. The first-order chi connectivity index (χ1) is 20.1. The van der Waals surface area contributed by atoms with Crippen molar-refractivity contribution < 1.29 is 33.0 Å². The number of hydrogen-bond acceptors (Lipinski definition) is 6. The van der Waals surface area contributed by atoms with Gasteiger partial charge in [0.1, 0.15) is 11.9 Å². The first-order valence-electron chi connectivity index (χ1n) is 14.1. The highest BCUT2D eigenvalue weighted by atomic mass is 19.1. The molecule has 1 N–H and O–H groups in total. The molecule has 0 saturated carbocycles. The van der Waals surface area contributed by atoms with E-state index in [1.54, 1.807) is 49.4 Å². The van der Waals surface area contributed by atoms with Crippen LogP contribution in [0.1, 0.15) is 67.2 Å². The number of carbonyl (C=O) groups is 3. The Labute approximate surface area is 244 Å². The Morgan fingerprint density at radius 2 is 1.67 bits per heavy atom. The van der Waals surface area contributed by atoms with Crippen LogP contribution in [0, 0.1) is 11.7 Å². The van der Waals surface area contributed by atoms with Crippen molar-refractivity contribution in [2.45, 2.75) is 58.2 Å². The van der Waals surface area contributed by atoms with Crippen LogP contribution in [0.25, 0.3) is 0 Å². The number of benzene rings is 3. The van der Waals surface area contributed by atoms with Gasteiger partial charge in [0.05, 0.1) is 18.6 Å². The van der Waals surface area contributed by atoms with Crippen LogP contribution in [-0.2, 0) is 26.3 Å². The maximum Gasteiger partial charge on any atom is 0.311 e. The quantitative estimate of drug-likeness (QED) is 0.385. The predicted octanol–water partition coefficient (Wildman–Crippen LogP) is 5.30. The molecule has 0 radical (unpaired) electrons. The zero-order chi connectivity index (χ0) is 30.0. The van der Waals surface area contributed by atoms with E-state index in [4.69, 9.17) is 14.2 Å².